The number of nitrogens with zero attached hydrogens (tertiary/aromatic N) is 3. The van der Waals surface area contributed by atoms with Crippen LogP contribution in [0.25, 0.3) is 0 Å². The molecule has 8 nitrogen and oxygen atoms in total. The van der Waals surface area contributed by atoms with Crippen molar-refractivity contribution in [2.45, 2.75) is 26.9 Å². The van der Waals surface area contributed by atoms with Crippen LogP contribution in [0.15, 0.2) is 27.7 Å². The van der Waals surface area contributed by atoms with Gasteiger partial charge in [-0.3, -0.25) is 4.99 Å². The summed E-state index contributed by atoms with van der Waals surface area (Å²) < 4.78 is 15.9. The molecule has 0 bridgehead atoms. The Morgan fingerprint density at radius 1 is 1.20 bits per heavy atom. The second kappa shape index (κ2) is 9.63. The van der Waals surface area contributed by atoms with Gasteiger partial charge in [0.1, 0.15) is 12.4 Å². The first kappa shape index (κ1) is 18.7. The molecule has 2 aromatic rings. The number of ether oxygens (including phenoxy) is 2. The summed E-state index contributed by atoms with van der Waals surface area (Å²) in [4.78, 5) is 8.34. The molecule has 2 N–H and O–H groups in total. The molecule has 0 fully saturated rings. The highest BCUT2D eigenvalue weighted by Gasteiger charge is 2.07. The summed E-state index contributed by atoms with van der Waals surface area (Å²) in [6.45, 7) is 5.86. The van der Waals surface area contributed by atoms with E-state index in [1.165, 1.54) is 0 Å². The first-order chi connectivity index (χ1) is 12.1. The van der Waals surface area contributed by atoms with Gasteiger partial charge in [-0.25, -0.2) is 0 Å². The van der Waals surface area contributed by atoms with Gasteiger partial charge in [-0.15, -0.1) is 0 Å². The number of aliphatic imine (C=N–C) groups is 1. The third kappa shape index (κ3) is 6.07. The maximum Gasteiger partial charge on any atom is 0.246 e. The average molecular weight is 347 g/mol. The highest BCUT2D eigenvalue weighted by atomic mass is 16.5. The zero-order valence-corrected chi connectivity index (χ0v) is 15.1. The fraction of sp³-hybridized carbons (Fsp3) is 0.471. The predicted octanol–water partition coefficient (Wildman–Crippen LogP) is 1.58. The van der Waals surface area contributed by atoms with Crippen molar-refractivity contribution in [1.29, 1.82) is 0 Å². The number of aryl methyl sites for hydroxylation is 2. The highest BCUT2D eigenvalue weighted by Crippen LogP contribution is 2.20. The topological polar surface area (TPSA) is 93.8 Å². The van der Waals surface area contributed by atoms with Gasteiger partial charge in [0.2, 0.25) is 5.89 Å². The summed E-state index contributed by atoms with van der Waals surface area (Å²) >= 11 is 0. The Hall–Kier alpha value is -2.61. The number of hydrogen-bond donors (Lipinski definition) is 2. The number of aromatic nitrogens is 2. The van der Waals surface area contributed by atoms with Crippen molar-refractivity contribution in [3.05, 3.63) is 41.0 Å². The second-order valence-electron chi connectivity index (χ2n) is 5.47. The van der Waals surface area contributed by atoms with E-state index < -0.39 is 0 Å². The lowest BCUT2D eigenvalue weighted by Crippen LogP contribution is -2.36. The van der Waals surface area contributed by atoms with Gasteiger partial charge in [-0.05, 0) is 25.5 Å². The van der Waals surface area contributed by atoms with Gasteiger partial charge in [-0.1, -0.05) is 17.3 Å². The Morgan fingerprint density at radius 2 is 2.00 bits per heavy atom. The van der Waals surface area contributed by atoms with Crippen molar-refractivity contribution in [1.82, 2.24) is 20.8 Å². The molecule has 0 saturated heterocycles. The van der Waals surface area contributed by atoms with Crippen molar-refractivity contribution < 1.29 is 14.0 Å². The molecule has 136 valence electrons. The largest absolute Gasteiger partial charge is 0.491 e. The van der Waals surface area contributed by atoms with E-state index in [2.05, 4.69) is 31.8 Å². The standard InChI is InChI=1S/C17H25N5O3/c1-12-5-6-14(15(9-12)24-8-7-23-4)10-19-17(18-3)20-11-16-21-13(2)22-25-16/h5-6,9H,7-8,10-11H2,1-4H3,(H2,18,19,20). The summed E-state index contributed by atoms with van der Waals surface area (Å²) in [5.74, 6) is 2.60. The van der Waals surface area contributed by atoms with Crippen molar-refractivity contribution >= 4 is 5.96 Å². The maximum absolute atomic E-state index is 5.80. The molecule has 0 aliphatic heterocycles. The van der Waals surface area contributed by atoms with Crippen LogP contribution < -0.4 is 15.4 Å². The molecule has 0 spiro atoms. The summed E-state index contributed by atoms with van der Waals surface area (Å²) in [6, 6.07) is 6.11. The fourth-order valence-corrected chi connectivity index (χ4v) is 2.15. The van der Waals surface area contributed by atoms with Gasteiger partial charge in [0.25, 0.3) is 0 Å². The van der Waals surface area contributed by atoms with E-state index in [-0.39, 0.29) is 0 Å². The Morgan fingerprint density at radius 3 is 2.68 bits per heavy atom. The summed E-state index contributed by atoms with van der Waals surface area (Å²) in [7, 11) is 3.36. The van der Waals surface area contributed by atoms with E-state index in [0.29, 0.717) is 44.0 Å². The number of hydrogen-bond acceptors (Lipinski definition) is 6. The summed E-state index contributed by atoms with van der Waals surface area (Å²) in [5, 5.41) is 10.1. The molecule has 0 atom stereocenters. The smallest absolute Gasteiger partial charge is 0.246 e. The van der Waals surface area contributed by atoms with Crippen LogP contribution in [0.2, 0.25) is 0 Å². The van der Waals surface area contributed by atoms with Crippen LogP contribution in [0.4, 0.5) is 0 Å². The molecule has 8 heteroatoms. The van der Waals surface area contributed by atoms with Crippen molar-refractivity contribution in [3.8, 4) is 5.75 Å². The molecular formula is C17H25N5O3. The lowest BCUT2D eigenvalue weighted by atomic mass is 10.1. The number of nitrogens with one attached hydrogen (secondary N) is 2. The van der Waals surface area contributed by atoms with Crippen LogP contribution in [0.3, 0.4) is 0 Å². The minimum Gasteiger partial charge on any atom is -0.491 e. The first-order valence-electron chi connectivity index (χ1n) is 8.07. The van der Waals surface area contributed by atoms with Crippen LogP contribution in [0.1, 0.15) is 22.8 Å². The van der Waals surface area contributed by atoms with E-state index in [9.17, 15) is 0 Å². The Balaban J connectivity index is 1.91. The lowest BCUT2D eigenvalue weighted by Gasteiger charge is -2.15. The molecule has 2 rings (SSSR count). The molecule has 0 amide bonds. The number of rotatable bonds is 8. The molecule has 25 heavy (non-hydrogen) atoms. The Bertz CT molecular complexity index is 699. The molecule has 1 aromatic heterocycles. The Labute approximate surface area is 147 Å². The van der Waals surface area contributed by atoms with Gasteiger partial charge < -0.3 is 24.6 Å². The monoisotopic (exact) mass is 347 g/mol. The van der Waals surface area contributed by atoms with Gasteiger partial charge >= 0.3 is 0 Å². The summed E-state index contributed by atoms with van der Waals surface area (Å²) in [6.07, 6.45) is 0. The van der Waals surface area contributed by atoms with E-state index in [1.54, 1.807) is 21.1 Å². The van der Waals surface area contributed by atoms with E-state index in [1.807, 2.05) is 19.1 Å². The molecule has 1 heterocycles. The van der Waals surface area contributed by atoms with Gasteiger partial charge in [0, 0.05) is 26.3 Å². The van der Waals surface area contributed by atoms with E-state index in [4.69, 9.17) is 14.0 Å². The fourth-order valence-electron chi connectivity index (χ4n) is 2.15. The quantitative estimate of drug-likeness (QED) is 0.425. The van der Waals surface area contributed by atoms with Crippen LogP contribution in [-0.2, 0) is 17.8 Å². The average Bonchev–Trinajstić information content (AvgIpc) is 3.02. The van der Waals surface area contributed by atoms with Crippen molar-refractivity contribution in [2.75, 3.05) is 27.4 Å². The van der Waals surface area contributed by atoms with Gasteiger partial charge in [-0.2, -0.15) is 4.98 Å². The first-order valence-corrected chi connectivity index (χ1v) is 8.07. The number of benzene rings is 1. The minimum absolute atomic E-state index is 0.408. The zero-order valence-electron chi connectivity index (χ0n) is 15.1. The SMILES string of the molecule is CN=C(NCc1nc(C)no1)NCc1ccc(C)cc1OCCOC. The molecular weight excluding hydrogens is 322 g/mol. The minimum atomic E-state index is 0.408. The van der Waals surface area contributed by atoms with Crippen molar-refractivity contribution in [3.63, 3.8) is 0 Å². The third-order valence-electron chi connectivity index (χ3n) is 3.41. The lowest BCUT2D eigenvalue weighted by molar-refractivity contribution is 0.145. The molecule has 0 aliphatic rings. The van der Waals surface area contributed by atoms with Crippen LogP contribution >= 0.6 is 0 Å². The zero-order chi connectivity index (χ0) is 18.1. The molecule has 1 aromatic carbocycles. The maximum atomic E-state index is 5.80. The summed E-state index contributed by atoms with van der Waals surface area (Å²) in [5.41, 5.74) is 2.18. The Kier molecular flexibility index (Phi) is 7.21. The van der Waals surface area contributed by atoms with Crippen LogP contribution in [0, 0.1) is 13.8 Å². The van der Waals surface area contributed by atoms with E-state index in [0.717, 1.165) is 16.9 Å². The number of methoxy groups -OCH3 is 1. The van der Waals surface area contributed by atoms with E-state index >= 15 is 0 Å². The highest BCUT2D eigenvalue weighted by molar-refractivity contribution is 5.79. The molecule has 0 aliphatic carbocycles. The van der Waals surface area contributed by atoms with Crippen molar-refractivity contribution in [2.24, 2.45) is 4.99 Å². The normalized spacial score (nSPS) is 11.4. The second-order valence-corrected chi connectivity index (χ2v) is 5.47. The molecule has 0 radical (unpaired) electrons. The van der Waals surface area contributed by atoms with Gasteiger partial charge in [0.05, 0.1) is 13.2 Å². The third-order valence-corrected chi connectivity index (χ3v) is 3.41. The van der Waals surface area contributed by atoms with Crippen LogP contribution in [-0.4, -0.2) is 43.5 Å². The molecule has 0 unspecified atom stereocenters. The predicted molar refractivity (Wildman–Crippen MR) is 94.6 cm³/mol. The molecule has 0 saturated carbocycles. The number of guanidine groups is 1. The van der Waals surface area contributed by atoms with Crippen LogP contribution in [0.5, 0.6) is 5.75 Å². The van der Waals surface area contributed by atoms with Gasteiger partial charge in [0.15, 0.2) is 11.8 Å².